The fourth-order valence-corrected chi connectivity index (χ4v) is 2.78. The van der Waals surface area contributed by atoms with E-state index in [2.05, 4.69) is 0 Å². The maximum atomic E-state index is 12.6. The van der Waals surface area contributed by atoms with Gasteiger partial charge in [-0.3, -0.25) is 4.79 Å². The van der Waals surface area contributed by atoms with E-state index in [9.17, 15) is 4.79 Å². The Bertz CT molecular complexity index is 422. The summed E-state index contributed by atoms with van der Waals surface area (Å²) in [6.45, 7) is 3.00. The van der Waals surface area contributed by atoms with Gasteiger partial charge in [0.25, 0.3) is 0 Å². The van der Waals surface area contributed by atoms with Crippen LogP contribution in [0, 0.1) is 5.41 Å². The molecule has 3 heteroatoms. The normalized spacial score (nSPS) is 17.7. The van der Waals surface area contributed by atoms with Crippen LogP contribution in [0.3, 0.4) is 0 Å². The van der Waals surface area contributed by atoms with Gasteiger partial charge in [0.15, 0.2) is 5.78 Å². The highest BCUT2D eigenvalue weighted by Gasteiger charge is 2.40. The topological polar surface area (TPSA) is 52.3 Å². The first kappa shape index (κ1) is 13.1. The number of ether oxygens (including phenoxy) is 1. The maximum Gasteiger partial charge on any atom is 0.170 e. The predicted molar refractivity (Wildman–Crippen MR) is 71.9 cm³/mol. The second-order valence-corrected chi connectivity index (χ2v) is 4.98. The molecular weight excluding hydrogens is 226 g/mol. The molecule has 0 spiro atoms. The van der Waals surface area contributed by atoms with E-state index in [0.29, 0.717) is 13.2 Å². The van der Waals surface area contributed by atoms with Crippen molar-refractivity contribution in [3.05, 3.63) is 29.8 Å². The van der Waals surface area contributed by atoms with E-state index in [1.54, 1.807) is 0 Å². The van der Waals surface area contributed by atoms with Gasteiger partial charge >= 0.3 is 0 Å². The van der Waals surface area contributed by atoms with E-state index in [-0.39, 0.29) is 11.2 Å². The van der Waals surface area contributed by atoms with Gasteiger partial charge in [-0.1, -0.05) is 25.0 Å². The largest absolute Gasteiger partial charge is 0.494 e. The maximum absolute atomic E-state index is 12.6. The lowest BCUT2D eigenvalue weighted by atomic mass is 9.79. The number of hydrogen-bond acceptors (Lipinski definition) is 3. The Hall–Kier alpha value is -1.35. The van der Waals surface area contributed by atoms with Crippen molar-refractivity contribution in [3.63, 3.8) is 0 Å². The molecule has 0 heterocycles. The fourth-order valence-electron chi connectivity index (χ4n) is 2.78. The minimum Gasteiger partial charge on any atom is -0.494 e. The Morgan fingerprint density at radius 3 is 2.72 bits per heavy atom. The summed E-state index contributed by atoms with van der Waals surface area (Å²) < 4.78 is 5.44. The molecule has 0 aromatic heterocycles. The summed E-state index contributed by atoms with van der Waals surface area (Å²) in [5.74, 6) is 0.942. The van der Waals surface area contributed by atoms with Crippen molar-refractivity contribution in [1.29, 1.82) is 0 Å². The Morgan fingerprint density at radius 2 is 2.11 bits per heavy atom. The van der Waals surface area contributed by atoms with Gasteiger partial charge in [0, 0.05) is 17.5 Å². The third-order valence-corrected chi connectivity index (χ3v) is 3.84. The van der Waals surface area contributed by atoms with Crippen molar-refractivity contribution in [3.8, 4) is 5.75 Å². The zero-order valence-corrected chi connectivity index (χ0v) is 10.9. The number of benzene rings is 1. The summed E-state index contributed by atoms with van der Waals surface area (Å²) in [4.78, 5) is 12.6. The van der Waals surface area contributed by atoms with Crippen molar-refractivity contribution in [2.24, 2.45) is 11.1 Å². The smallest absolute Gasteiger partial charge is 0.170 e. The molecule has 0 aliphatic heterocycles. The van der Waals surface area contributed by atoms with Gasteiger partial charge in [0.05, 0.1) is 6.61 Å². The second-order valence-electron chi connectivity index (χ2n) is 4.98. The van der Waals surface area contributed by atoms with Gasteiger partial charge in [0.2, 0.25) is 0 Å². The lowest BCUT2D eigenvalue weighted by Crippen LogP contribution is -2.36. The predicted octanol–water partition coefficient (Wildman–Crippen LogP) is 2.79. The van der Waals surface area contributed by atoms with Crippen LogP contribution >= 0.6 is 0 Å². The van der Waals surface area contributed by atoms with Gasteiger partial charge in [-0.25, -0.2) is 0 Å². The van der Waals surface area contributed by atoms with Crippen molar-refractivity contribution in [2.75, 3.05) is 13.2 Å². The van der Waals surface area contributed by atoms with Gasteiger partial charge in [-0.05, 0) is 31.9 Å². The van der Waals surface area contributed by atoms with Crippen LogP contribution in [0.15, 0.2) is 24.3 Å². The van der Waals surface area contributed by atoms with Crippen molar-refractivity contribution >= 4 is 5.78 Å². The highest BCUT2D eigenvalue weighted by Crippen LogP contribution is 2.40. The lowest BCUT2D eigenvalue weighted by Gasteiger charge is -2.25. The van der Waals surface area contributed by atoms with Crippen LogP contribution < -0.4 is 10.5 Å². The number of hydrogen-bond donors (Lipinski definition) is 1. The molecule has 0 atom stereocenters. The summed E-state index contributed by atoms with van der Waals surface area (Å²) in [5, 5.41) is 0. The third-order valence-electron chi connectivity index (χ3n) is 3.84. The number of ketones is 1. The Balaban J connectivity index is 2.24. The zero-order chi connectivity index (χ0) is 13.0. The first-order chi connectivity index (χ1) is 8.72. The molecule has 0 bridgehead atoms. The SMILES string of the molecule is CCOc1cccc(C(=O)C2(CN)CCCC2)c1. The van der Waals surface area contributed by atoms with E-state index in [1.807, 2.05) is 31.2 Å². The molecule has 0 saturated heterocycles. The number of carbonyl (C=O) groups is 1. The molecule has 0 radical (unpaired) electrons. The van der Waals surface area contributed by atoms with E-state index in [4.69, 9.17) is 10.5 Å². The molecule has 1 aromatic carbocycles. The average Bonchev–Trinajstić information content (AvgIpc) is 2.88. The van der Waals surface area contributed by atoms with Crippen LogP contribution in [0.25, 0.3) is 0 Å². The summed E-state index contributed by atoms with van der Waals surface area (Å²) >= 11 is 0. The van der Waals surface area contributed by atoms with E-state index in [0.717, 1.165) is 37.0 Å². The molecule has 1 aliphatic carbocycles. The Labute approximate surface area is 108 Å². The van der Waals surface area contributed by atoms with Crippen LogP contribution in [0.4, 0.5) is 0 Å². The number of Topliss-reactive ketones (excluding diaryl/α,β-unsaturated/α-hetero) is 1. The highest BCUT2D eigenvalue weighted by atomic mass is 16.5. The standard InChI is InChI=1S/C15H21NO2/c1-2-18-13-7-5-6-12(10-13)14(17)15(11-16)8-3-4-9-15/h5-7,10H,2-4,8-9,11,16H2,1H3. The number of carbonyl (C=O) groups excluding carboxylic acids is 1. The van der Waals surface area contributed by atoms with Crippen LogP contribution in [0.2, 0.25) is 0 Å². The number of nitrogens with two attached hydrogens (primary N) is 1. The van der Waals surface area contributed by atoms with E-state index < -0.39 is 0 Å². The summed E-state index contributed by atoms with van der Waals surface area (Å²) in [7, 11) is 0. The Morgan fingerprint density at radius 1 is 1.39 bits per heavy atom. The molecule has 2 N–H and O–H groups in total. The second kappa shape index (κ2) is 5.53. The Kier molecular flexibility index (Phi) is 4.02. The van der Waals surface area contributed by atoms with Gasteiger partial charge in [0.1, 0.15) is 5.75 Å². The van der Waals surface area contributed by atoms with E-state index >= 15 is 0 Å². The molecule has 1 fully saturated rings. The van der Waals surface area contributed by atoms with Crippen molar-refractivity contribution in [1.82, 2.24) is 0 Å². The first-order valence-corrected chi connectivity index (χ1v) is 6.69. The van der Waals surface area contributed by atoms with Gasteiger partial charge in [-0.15, -0.1) is 0 Å². The zero-order valence-electron chi connectivity index (χ0n) is 10.9. The lowest BCUT2D eigenvalue weighted by molar-refractivity contribution is 0.0809. The first-order valence-electron chi connectivity index (χ1n) is 6.69. The van der Waals surface area contributed by atoms with Crippen LogP contribution in [0.5, 0.6) is 5.75 Å². The molecule has 1 saturated carbocycles. The minimum absolute atomic E-state index is 0.184. The summed E-state index contributed by atoms with van der Waals surface area (Å²) in [6, 6.07) is 7.45. The van der Waals surface area contributed by atoms with Gasteiger partial charge < -0.3 is 10.5 Å². The van der Waals surface area contributed by atoms with E-state index in [1.165, 1.54) is 0 Å². The molecule has 0 amide bonds. The molecule has 0 unspecified atom stereocenters. The number of rotatable bonds is 5. The van der Waals surface area contributed by atoms with Crippen LogP contribution in [-0.4, -0.2) is 18.9 Å². The highest BCUT2D eigenvalue weighted by molar-refractivity contribution is 6.01. The fraction of sp³-hybridized carbons (Fsp3) is 0.533. The molecule has 1 aliphatic rings. The molecule has 98 valence electrons. The average molecular weight is 247 g/mol. The van der Waals surface area contributed by atoms with Gasteiger partial charge in [-0.2, -0.15) is 0 Å². The molecule has 3 nitrogen and oxygen atoms in total. The third kappa shape index (κ3) is 2.41. The molecule has 1 aromatic rings. The van der Waals surface area contributed by atoms with Crippen molar-refractivity contribution in [2.45, 2.75) is 32.6 Å². The quantitative estimate of drug-likeness (QED) is 0.814. The monoisotopic (exact) mass is 247 g/mol. The van der Waals surface area contributed by atoms with Crippen LogP contribution in [0.1, 0.15) is 43.0 Å². The molecule has 2 rings (SSSR count). The summed E-state index contributed by atoms with van der Waals surface area (Å²) in [6.07, 6.45) is 4.05. The molecule has 18 heavy (non-hydrogen) atoms. The van der Waals surface area contributed by atoms with Crippen molar-refractivity contribution < 1.29 is 9.53 Å². The summed E-state index contributed by atoms with van der Waals surface area (Å²) in [5.41, 5.74) is 6.25. The molecular formula is C15H21NO2. The minimum atomic E-state index is -0.329. The van der Waals surface area contributed by atoms with Crippen LogP contribution in [-0.2, 0) is 0 Å².